The molecule has 0 spiro atoms. The van der Waals surface area contributed by atoms with Crippen LogP contribution in [0.25, 0.3) is 11.2 Å². The van der Waals surface area contributed by atoms with Crippen molar-refractivity contribution in [1.82, 2.24) is 29.7 Å². The summed E-state index contributed by atoms with van der Waals surface area (Å²) in [6.07, 6.45) is 3.16. The van der Waals surface area contributed by atoms with Gasteiger partial charge in [0, 0.05) is 27.2 Å². The Labute approximate surface area is 133 Å². The van der Waals surface area contributed by atoms with Crippen LogP contribution >= 0.6 is 0 Å². The zero-order chi connectivity index (χ0) is 16.4. The van der Waals surface area contributed by atoms with Crippen LogP contribution in [0.2, 0.25) is 0 Å². The van der Waals surface area contributed by atoms with Crippen molar-refractivity contribution in [2.24, 2.45) is 0 Å². The lowest BCUT2D eigenvalue weighted by molar-refractivity contribution is -0.130. The Kier molecular flexibility index (Phi) is 4.39. The smallest absolute Gasteiger partial charge is 0.236 e. The SMILES string of the molecule is CN(C)C(=O)CN1CC[C@@H](Nc2ncnc3nc[nH]c23)[C@H](O)C1. The zero-order valence-corrected chi connectivity index (χ0v) is 13.2. The van der Waals surface area contributed by atoms with Crippen LogP contribution in [0.3, 0.4) is 0 Å². The van der Waals surface area contributed by atoms with Gasteiger partial charge in [-0.25, -0.2) is 15.0 Å². The van der Waals surface area contributed by atoms with Gasteiger partial charge in [0.25, 0.3) is 0 Å². The molecular formula is C14H21N7O2. The number of aromatic nitrogens is 4. The van der Waals surface area contributed by atoms with Crippen LogP contribution in [0.5, 0.6) is 0 Å². The molecule has 124 valence electrons. The molecule has 0 bridgehead atoms. The van der Waals surface area contributed by atoms with Crippen molar-refractivity contribution in [1.29, 1.82) is 0 Å². The Hall–Kier alpha value is -2.26. The molecule has 9 heteroatoms. The second-order valence-corrected chi connectivity index (χ2v) is 5.95. The van der Waals surface area contributed by atoms with E-state index in [1.165, 1.54) is 6.33 Å². The molecule has 1 fully saturated rings. The van der Waals surface area contributed by atoms with Gasteiger partial charge in [-0.05, 0) is 6.42 Å². The first-order valence-electron chi connectivity index (χ1n) is 7.56. The predicted molar refractivity (Wildman–Crippen MR) is 84.9 cm³/mol. The number of H-pyrrole nitrogens is 1. The number of aromatic amines is 1. The molecule has 2 aromatic rings. The molecule has 1 saturated heterocycles. The van der Waals surface area contributed by atoms with Crippen molar-refractivity contribution in [2.75, 3.05) is 39.0 Å². The maximum atomic E-state index is 11.8. The Morgan fingerprint density at radius 3 is 3.04 bits per heavy atom. The summed E-state index contributed by atoms with van der Waals surface area (Å²) in [5, 5.41) is 13.6. The number of likely N-dealkylation sites (N-methyl/N-ethyl adjacent to an activating group) is 1. The third-order valence-electron chi connectivity index (χ3n) is 4.07. The highest BCUT2D eigenvalue weighted by molar-refractivity contribution is 5.82. The topological polar surface area (TPSA) is 110 Å². The summed E-state index contributed by atoms with van der Waals surface area (Å²) in [5.74, 6) is 0.674. The highest BCUT2D eigenvalue weighted by atomic mass is 16.3. The minimum atomic E-state index is -0.577. The van der Waals surface area contributed by atoms with E-state index in [-0.39, 0.29) is 11.9 Å². The van der Waals surface area contributed by atoms with E-state index in [2.05, 4.69) is 25.3 Å². The number of aliphatic hydroxyl groups is 1. The third-order valence-corrected chi connectivity index (χ3v) is 4.07. The van der Waals surface area contributed by atoms with Crippen LogP contribution in [0.15, 0.2) is 12.7 Å². The number of β-amino-alcohol motifs (C(OH)–C–C–N with tert-alkyl or cyclic N) is 1. The molecule has 0 aromatic carbocycles. The van der Waals surface area contributed by atoms with Gasteiger partial charge in [0.15, 0.2) is 11.5 Å². The first-order chi connectivity index (χ1) is 11.0. The van der Waals surface area contributed by atoms with Crippen LogP contribution < -0.4 is 5.32 Å². The standard InChI is InChI=1S/C14H21N7O2/c1-20(2)11(23)6-21-4-3-9(10(22)5-21)19-14-12-13(16-7-15-12)17-8-18-14/h7-10,22H,3-6H2,1-2H3,(H2,15,16,17,18,19)/t9-,10-/m1/s1. The van der Waals surface area contributed by atoms with Crippen LogP contribution in [0.1, 0.15) is 6.42 Å². The Morgan fingerprint density at radius 1 is 1.48 bits per heavy atom. The highest BCUT2D eigenvalue weighted by Crippen LogP contribution is 2.20. The average molecular weight is 319 g/mol. The van der Waals surface area contributed by atoms with Gasteiger partial charge >= 0.3 is 0 Å². The summed E-state index contributed by atoms with van der Waals surface area (Å²) in [5.41, 5.74) is 1.32. The number of piperidine rings is 1. The number of amides is 1. The van der Waals surface area contributed by atoms with Gasteiger partial charge in [-0.3, -0.25) is 9.69 Å². The Bertz CT molecular complexity index is 687. The summed E-state index contributed by atoms with van der Waals surface area (Å²) in [4.78, 5) is 30.7. The van der Waals surface area contributed by atoms with E-state index < -0.39 is 6.10 Å². The van der Waals surface area contributed by atoms with Crippen molar-refractivity contribution >= 4 is 22.9 Å². The van der Waals surface area contributed by atoms with Crippen molar-refractivity contribution in [3.8, 4) is 0 Å². The molecule has 2 atom stereocenters. The fraction of sp³-hybridized carbons (Fsp3) is 0.571. The molecule has 3 N–H and O–H groups in total. The molecular weight excluding hydrogens is 298 g/mol. The van der Waals surface area contributed by atoms with Crippen LogP contribution in [-0.4, -0.2) is 86.6 Å². The molecule has 2 aromatic heterocycles. The van der Waals surface area contributed by atoms with E-state index in [1.807, 2.05) is 4.90 Å². The quantitative estimate of drug-likeness (QED) is 0.682. The molecule has 1 aliphatic rings. The number of carbonyl (C=O) groups is 1. The number of rotatable bonds is 4. The van der Waals surface area contributed by atoms with Crippen LogP contribution in [-0.2, 0) is 4.79 Å². The molecule has 1 aliphatic heterocycles. The number of likely N-dealkylation sites (tertiary alicyclic amines) is 1. The van der Waals surface area contributed by atoms with Gasteiger partial charge < -0.3 is 20.3 Å². The highest BCUT2D eigenvalue weighted by Gasteiger charge is 2.29. The molecule has 0 saturated carbocycles. The minimum absolute atomic E-state index is 0.0404. The number of carbonyl (C=O) groups excluding carboxylic acids is 1. The van der Waals surface area contributed by atoms with E-state index in [9.17, 15) is 9.90 Å². The van der Waals surface area contributed by atoms with Gasteiger partial charge in [0.1, 0.15) is 11.8 Å². The number of fused-ring (bicyclic) bond motifs is 1. The Morgan fingerprint density at radius 2 is 2.30 bits per heavy atom. The molecule has 9 nitrogen and oxygen atoms in total. The van der Waals surface area contributed by atoms with E-state index in [0.29, 0.717) is 24.6 Å². The molecule has 0 unspecified atom stereocenters. The van der Waals surface area contributed by atoms with E-state index >= 15 is 0 Å². The average Bonchev–Trinajstić information content (AvgIpc) is 2.99. The van der Waals surface area contributed by atoms with Crippen LogP contribution in [0, 0.1) is 0 Å². The fourth-order valence-electron chi connectivity index (χ4n) is 2.69. The largest absolute Gasteiger partial charge is 0.390 e. The number of anilines is 1. The van der Waals surface area contributed by atoms with Gasteiger partial charge in [-0.2, -0.15) is 0 Å². The van der Waals surface area contributed by atoms with E-state index in [4.69, 9.17) is 0 Å². The van der Waals surface area contributed by atoms with Gasteiger partial charge in [0.05, 0.1) is 25.0 Å². The van der Waals surface area contributed by atoms with Crippen molar-refractivity contribution < 1.29 is 9.90 Å². The van der Waals surface area contributed by atoms with Gasteiger partial charge in [-0.1, -0.05) is 0 Å². The fourth-order valence-corrected chi connectivity index (χ4v) is 2.69. The first-order valence-corrected chi connectivity index (χ1v) is 7.56. The second kappa shape index (κ2) is 6.47. The maximum absolute atomic E-state index is 11.8. The van der Waals surface area contributed by atoms with E-state index in [1.54, 1.807) is 25.3 Å². The molecule has 3 heterocycles. The molecule has 1 amide bonds. The number of nitrogens with one attached hydrogen (secondary N) is 2. The summed E-state index contributed by atoms with van der Waals surface area (Å²) >= 11 is 0. The summed E-state index contributed by atoms with van der Waals surface area (Å²) in [6.45, 7) is 1.52. The lowest BCUT2D eigenvalue weighted by Gasteiger charge is -2.36. The van der Waals surface area contributed by atoms with Gasteiger partial charge in [0.2, 0.25) is 5.91 Å². The lowest BCUT2D eigenvalue weighted by Crippen LogP contribution is -2.52. The first kappa shape index (κ1) is 15.6. The number of hydrogen-bond acceptors (Lipinski definition) is 7. The Balaban J connectivity index is 1.63. The molecule has 3 rings (SSSR count). The number of hydrogen-bond donors (Lipinski definition) is 3. The molecule has 0 aliphatic carbocycles. The monoisotopic (exact) mass is 319 g/mol. The second-order valence-electron chi connectivity index (χ2n) is 5.95. The number of aliphatic hydroxyl groups excluding tert-OH is 1. The van der Waals surface area contributed by atoms with Crippen molar-refractivity contribution in [3.05, 3.63) is 12.7 Å². The van der Waals surface area contributed by atoms with Crippen LogP contribution in [0.4, 0.5) is 5.82 Å². The molecule has 0 radical (unpaired) electrons. The predicted octanol–water partition coefficient (Wildman–Crippen LogP) is -0.712. The van der Waals surface area contributed by atoms with Crippen molar-refractivity contribution in [3.63, 3.8) is 0 Å². The summed E-state index contributed by atoms with van der Waals surface area (Å²) in [6, 6.07) is -0.123. The van der Waals surface area contributed by atoms with Gasteiger partial charge in [-0.15, -0.1) is 0 Å². The van der Waals surface area contributed by atoms with E-state index in [0.717, 1.165) is 18.5 Å². The number of imidazole rings is 1. The zero-order valence-electron chi connectivity index (χ0n) is 13.2. The normalized spacial score (nSPS) is 22.2. The number of nitrogens with zero attached hydrogens (tertiary/aromatic N) is 5. The minimum Gasteiger partial charge on any atom is -0.390 e. The lowest BCUT2D eigenvalue weighted by atomic mass is 10.0. The summed E-state index contributed by atoms with van der Waals surface area (Å²) in [7, 11) is 3.47. The summed E-state index contributed by atoms with van der Waals surface area (Å²) < 4.78 is 0. The maximum Gasteiger partial charge on any atom is 0.236 e. The van der Waals surface area contributed by atoms with Crippen molar-refractivity contribution in [2.45, 2.75) is 18.6 Å². The third kappa shape index (κ3) is 3.40. The molecule has 23 heavy (non-hydrogen) atoms.